The second-order valence-electron chi connectivity index (χ2n) is 3.10. The van der Waals surface area contributed by atoms with Crippen molar-refractivity contribution in [1.82, 2.24) is 4.57 Å². The predicted molar refractivity (Wildman–Crippen MR) is 57.1 cm³/mol. The van der Waals surface area contributed by atoms with Crippen LogP contribution >= 0.6 is 0 Å². The van der Waals surface area contributed by atoms with Gasteiger partial charge in [-0.3, -0.25) is 0 Å². The van der Waals surface area contributed by atoms with E-state index >= 15 is 0 Å². The average Bonchev–Trinajstić information content (AvgIpc) is 2.69. The highest BCUT2D eigenvalue weighted by Crippen LogP contribution is 2.18. The van der Waals surface area contributed by atoms with E-state index in [0.717, 1.165) is 0 Å². The Kier molecular flexibility index (Phi) is 2.34. The molecule has 0 amide bonds. The highest BCUT2D eigenvalue weighted by molar-refractivity contribution is 7.89. The van der Waals surface area contributed by atoms with E-state index < -0.39 is 10.0 Å². The molecular weight excluding hydrogens is 212 g/mol. The largest absolute Gasteiger partial charge is 0.323 e. The van der Waals surface area contributed by atoms with E-state index in [0.29, 0.717) is 5.69 Å². The van der Waals surface area contributed by atoms with Gasteiger partial charge in [-0.05, 0) is 24.3 Å². The van der Waals surface area contributed by atoms with Gasteiger partial charge in [0.25, 0.3) is 0 Å². The van der Waals surface area contributed by atoms with E-state index in [1.807, 2.05) is 12.1 Å². The Morgan fingerprint density at radius 1 is 1.00 bits per heavy atom. The first-order valence-corrected chi connectivity index (χ1v) is 5.89. The maximum absolute atomic E-state index is 11.3. The molecule has 1 aromatic heterocycles. The van der Waals surface area contributed by atoms with Crippen LogP contribution in [0.25, 0.3) is 5.69 Å². The van der Waals surface area contributed by atoms with Crippen molar-refractivity contribution in [3.8, 4) is 5.69 Å². The second-order valence-corrected chi connectivity index (χ2v) is 4.63. The summed E-state index contributed by atoms with van der Waals surface area (Å²) in [4.78, 5) is 0.126. The molecule has 0 unspecified atom stereocenters. The van der Waals surface area contributed by atoms with E-state index in [9.17, 15) is 8.42 Å². The lowest BCUT2D eigenvalue weighted by Gasteiger charge is -2.07. The number of para-hydroxylation sites is 1. The minimum Gasteiger partial charge on any atom is -0.323 e. The summed E-state index contributed by atoms with van der Waals surface area (Å²) in [5, 5.41) is 5.12. The lowest BCUT2D eigenvalue weighted by molar-refractivity contribution is 0.597. The van der Waals surface area contributed by atoms with Crippen LogP contribution in [-0.2, 0) is 10.0 Å². The number of hydrogen-bond donors (Lipinski definition) is 1. The molecule has 0 saturated heterocycles. The zero-order valence-electron chi connectivity index (χ0n) is 7.87. The van der Waals surface area contributed by atoms with Crippen LogP contribution in [0.4, 0.5) is 0 Å². The number of nitrogens with two attached hydrogens (primary N) is 1. The summed E-state index contributed by atoms with van der Waals surface area (Å²) in [6.07, 6.45) is 3.54. The van der Waals surface area contributed by atoms with Gasteiger partial charge >= 0.3 is 0 Å². The maximum Gasteiger partial charge on any atom is 0.240 e. The lowest BCUT2D eigenvalue weighted by Crippen LogP contribution is -2.14. The van der Waals surface area contributed by atoms with Gasteiger partial charge in [-0.15, -0.1) is 0 Å². The summed E-state index contributed by atoms with van der Waals surface area (Å²) in [6, 6.07) is 10.3. The van der Waals surface area contributed by atoms with Gasteiger partial charge in [0, 0.05) is 12.4 Å². The van der Waals surface area contributed by atoms with Gasteiger partial charge in [0.2, 0.25) is 10.0 Å². The summed E-state index contributed by atoms with van der Waals surface area (Å²) >= 11 is 0. The number of rotatable bonds is 2. The molecule has 0 spiro atoms. The first kappa shape index (κ1) is 9.95. The maximum atomic E-state index is 11.3. The molecule has 0 aliphatic rings. The summed E-state index contributed by atoms with van der Waals surface area (Å²) in [6.45, 7) is 0. The van der Waals surface area contributed by atoms with Crippen LogP contribution in [0.2, 0.25) is 0 Å². The first-order chi connectivity index (χ1) is 7.09. The van der Waals surface area contributed by atoms with Crippen LogP contribution in [0.3, 0.4) is 0 Å². The number of nitrogens with zero attached hydrogens (tertiary/aromatic N) is 1. The van der Waals surface area contributed by atoms with E-state index in [4.69, 9.17) is 5.14 Å². The summed E-state index contributed by atoms with van der Waals surface area (Å²) in [5.41, 5.74) is 0.560. The van der Waals surface area contributed by atoms with Crippen LogP contribution in [0.5, 0.6) is 0 Å². The van der Waals surface area contributed by atoms with Crippen molar-refractivity contribution in [2.45, 2.75) is 4.90 Å². The quantitative estimate of drug-likeness (QED) is 0.827. The molecular formula is C10H10N2O2S. The highest BCUT2D eigenvalue weighted by Gasteiger charge is 2.13. The Bertz CT molecular complexity index is 559. The molecule has 0 radical (unpaired) electrons. The van der Waals surface area contributed by atoms with Gasteiger partial charge in [-0.1, -0.05) is 12.1 Å². The summed E-state index contributed by atoms with van der Waals surface area (Å²) < 4.78 is 24.3. The van der Waals surface area contributed by atoms with E-state index in [1.54, 1.807) is 35.2 Å². The average molecular weight is 222 g/mol. The molecule has 0 saturated carbocycles. The van der Waals surface area contributed by atoms with Crippen molar-refractivity contribution < 1.29 is 8.42 Å². The summed E-state index contributed by atoms with van der Waals surface area (Å²) in [7, 11) is -3.68. The van der Waals surface area contributed by atoms with Crippen LogP contribution in [-0.4, -0.2) is 13.0 Å². The number of primary sulfonamides is 1. The zero-order valence-corrected chi connectivity index (χ0v) is 8.68. The molecule has 0 aliphatic heterocycles. The fourth-order valence-electron chi connectivity index (χ4n) is 1.41. The fourth-order valence-corrected chi connectivity index (χ4v) is 2.14. The van der Waals surface area contributed by atoms with Gasteiger partial charge in [0.15, 0.2) is 0 Å². The monoisotopic (exact) mass is 222 g/mol. The fraction of sp³-hybridized carbons (Fsp3) is 0. The van der Waals surface area contributed by atoms with Crippen LogP contribution in [0.15, 0.2) is 53.7 Å². The minimum absolute atomic E-state index is 0.126. The normalized spacial score (nSPS) is 11.5. The second kappa shape index (κ2) is 3.52. The molecule has 5 heteroatoms. The van der Waals surface area contributed by atoms with Crippen molar-refractivity contribution >= 4 is 10.0 Å². The third-order valence-electron chi connectivity index (χ3n) is 2.05. The van der Waals surface area contributed by atoms with Crippen molar-refractivity contribution in [2.24, 2.45) is 5.14 Å². The Morgan fingerprint density at radius 2 is 1.60 bits per heavy atom. The highest BCUT2D eigenvalue weighted by atomic mass is 32.2. The molecule has 0 fully saturated rings. The van der Waals surface area contributed by atoms with Gasteiger partial charge in [-0.2, -0.15) is 0 Å². The van der Waals surface area contributed by atoms with Crippen molar-refractivity contribution in [2.75, 3.05) is 0 Å². The van der Waals surface area contributed by atoms with Gasteiger partial charge in [0.05, 0.1) is 5.69 Å². The Balaban J connectivity index is 2.68. The number of hydrogen-bond acceptors (Lipinski definition) is 2. The first-order valence-electron chi connectivity index (χ1n) is 4.34. The molecule has 2 aromatic rings. The smallest absolute Gasteiger partial charge is 0.240 e. The molecule has 4 nitrogen and oxygen atoms in total. The Hall–Kier alpha value is -1.59. The summed E-state index contributed by atoms with van der Waals surface area (Å²) in [5.74, 6) is 0. The zero-order chi connectivity index (χ0) is 10.9. The third-order valence-corrected chi connectivity index (χ3v) is 3.01. The molecule has 0 bridgehead atoms. The molecule has 1 heterocycles. The molecule has 0 atom stereocenters. The minimum atomic E-state index is -3.68. The topological polar surface area (TPSA) is 65.1 Å². The lowest BCUT2D eigenvalue weighted by atomic mass is 10.3. The van der Waals surface area contributed by atoms with Gasteiger partial charge < -0.3 is 4.57 Å². The van der Waals surface area contributed by atoms with Crippen molar-refractivity contribution in [3.63, 3.8) is 0 Å². The van der Waals surface area contributed by atoms with Crippen LogP contribution in [0, 0.1) is 0 Å². The van der Waals surface area contributed by atoms with Crippen LogP contribution in [0.1, 0.15) is 0 Å². The van der Waals surface area contributed by atoms with Crippen molar-refractivity contribution in [1.29, 1.82) is 0 Å². The van der Waals surface area contributed by atoms with Gasteiger partial charge in [0.1, 0.15) is 4.90 Å². The molecule has 1 aromatic carbocycles. The van der Waals surface area contributed by atoms with E-state index in [1.165, 1.54) is 6.07 Å². The Morgan fingerprint density at radius 3 is 2.20 bits per heavy atom. The number of benzene rings is 1. The molecule has 0 aliphatic carbocycles. The number of aromatic nitrogens is 1. The number of sulfonamides is 1. The standard InChI is InChI=1S/C10H10N2O2S/c11-15(13,14)10-6-2-1-5-9(10)12-7-3-4-8-12/h1-8H,(H2,11,13,14). The van der Waals surface area contributed by atoms with Crippen molar-refractivity contribution in [3.05, 3.63) is 48.8 Å². The van der Waals surface area contributed by atoms with E-state index in [-0.39, 0.29) is 4.90 Å². The SMILES string of the molecule is NS(=O)(=O)c1ccccc1-n1cccc1. The van der Waals surface area contributed by atoms with E-state index in [2.05, 4.69) is 0 Å². The predicted octanol–water partition coefficient (Wildman–Crippen LogP) is 1.12. The molecule has 15 heavy (non-hydrogen) atoms. The van der Waals surface area contributed by atoms with Crippen LogP contribution < -0.4 is 5.14 Å². The van der Waals surface area contributed by atoms with Gasteiger partial charge in [-0.25, -0.2) is 13.6 Å². The molecule has 2 rings (SSSR count). The molecule has 78 valence electrons. The molecule has 2 N–H and O–H groups in total. The third kappa shape index (κ3) is 1.93. The Labute approximate surface area is 88.0 Å².